The van der Waals surface area contributed by atoms with Crippen molar-refractivity contribution in [3.8, 4) is 0 Å². The van der Waals surface area contributed by atoms with Crippen LogP contribution >= 0.6 is 0 Å². The zero-order valence-electron chi connectivity index (χ0n) is 11.7. The molecule has 0 radical (unpaired) electrons. The average molecular weight is 282 g/mol. The molecule has 0 saturated heterocycles. The number of pyridine rings is 1. The number of rotatable bonds is 4. The average Bonchev–Trinajstić information content (AvgIpc) is 2.44. The van der Waals surface area contributed by atoms with Gasteiger partial charge in [-0.25, -0.2) is 0 Å². The van der Waals surface area contributed by atoms with Crippen LogP contribution in [0, 0.1) is 17.0 Å². The van der Waals surface area contributed by atoms with Crippen LogP contribution in [0.1, 0.15) is 23.9 Å². The molecular weight excluding hydrogens is 268 g/mol. The van der Waals surface area contributed by atoms with E-state index in [0.717, 1.165) is 5.69 Å². The van der Waals surface area contributed by atoms with Gasteiger partial charge in [0.15, 0.2) is 5.78 Å². The number of allylic oxidation sites excluding steroid dienone is 1. The number of carbonyl (C=O) groups is 1. The molecule has 2 rings (SSSR count). The van der Waals surface area contributed by atoms with E-state index in [4.69, 9.17) is 0 Å². The van der Waals surface area contributed by atoms with Gasteiger partial charge in [0.1, 0.15) is 0 Å². The first-order valence-corrected chi connectivity index (χ1v) is 6.38. The number of hydrogen-bond donors (Lipinski definition) is 0. The molecule has 1 aromatic heterocycles. The summed E-state index contributed by atoms with van der Waals surface area (Å²) in [6, 6.07) is 11.6. The van der Waals surface area contributed by atoms with Crippen LogP contribution in [0.5, 0.6) is 0 Å². The van der Waals surface area contributed by atoms with Gasteiger partial charge in [0, 0.05) is 23.4 Å². The fourth-order valence-electron chi connectivity index (χ4n) is 1.94. The van der Waals surface area contributed by atoms with Crippen LogP contribution in [-0.4, -0.2) is 15.7 Å². The second-order valence-electron chi connectivity index (χ2n) is 4.63. The summed E-state index contributed by atoms with van der Waals surface area (Å²) in [6.07, 6.45) is 1.62. The lowest BCUT2D eigenvalue weighted by atomic mass is 10.0. The number of Topliss-reactive ketones (excluding diaryl/α,β-unsaturated/α-hetero) is 1. The number of hydrogen-bond acceptors (Lipinski definition) is 4. The van der Waals surface area contributed by atoms with Gasteiger partial charge in [-0.1, -0.05) is 18.2 Å². The third kappa shape index (κ3) is 3.60. The Bertz CT molecular complexity index is 736. The standard InChI is InChI=1S/C16H14N2O3/c1-11-5-3-8-16(17-11)15(12(2)19)10-13-6-4-7-14(9-13)18(20)21/h3-10H,1-2H3/b15-10+. The Morgan fingerprint density at radius 1 is 1.24 bits per heavy atom. The van der Waals surface area contributed by atoms with E-state index in [0.29, 0.717) is 16.8 Å². The van der Waals surface area contributed by atoms with Gasteiger partial charge in [-0.2, -0.15) is 0 Å². The van der Waals surface area contributed by atoms with E-state index in [1.165, 1.54) is 19.1 Å². The molecule has 0 saturated carbocycles. The fourth-order valence-corrected chi connectivity index (χ4v) is 1.94. The van der Waals surface area contributed by atoms with Crippen molar-refractivity contribution in [2.75, 3.05) is 0 Å². The summed E-state index contributed by atoms with van der Waals surface area (Å²) >= 11 is 0. The van der Waals surface area contributed by atoms with Gasteiger partial charge in [0.25, 0.3) is 5.69 Å². The minimum absolute atomic E-state index is 0.0103. The van der Waals surface area contributed by atoms with Gasteiger partial charge in [-0.05, 0) is 37.6 Å². The van der Waals surface area contributed by atoms with E-state index in [2.05, 4.69) is 4.98 Å². The number of aryl methyl sites for hydroxylation is 1. The molecule has 0 fully saturated rings. The Hall–Kier alpha value is -2.82. The van der Waals surface area contributed by atoms with E-state index in [1.807, 2.05) is 19.1 Å². The normalized spacial score (nSPS) is 11.2. The molecule has 0 bridgehead atoms. The van der Waals surface area contributed by atoms with Crippen molar-refractivity contribution in [2.24, 2.45) is 0 Å². The van der Waals surface area contributed by atoms with Crippen molar-refractivity contribution < 1.29 is 9.72 Å². The van der Waals surface area contributed by atoms with E-state index in [-0.39, 0.29) is 11.5 Å². The summed E-state index contributed by atoms with van der Waals surface area (Å²) in [5.74, 6) is -0.139. The summed E-state index contributed by atoms with van der Waals surface area (Å²) in [6.45, 7) is 3.29. The fraction of sp³-hybridized carbons (Fsp3) is 0.125. The topological polar surface area (TPSA) is 73.1 Å². The van der Waals surface area contributed by atoms with E-state index >= 15 is 0 Å². The van der Waals surface area contributed by atoms with Crippen molar-refractivity contribution in [1.29, 1.82) is 0 Å². The lowest BCUT2D eigenvalue weighted by Gasteiger charge is -2.04. The lowest BCUT2D eigenvalue weighted by Crippen LogP contribution is -1.99. The highest BCUT2D eigenvalue weighted by atomic mass is 16.6. The second-order valence-corrected chi connectivity index (χ2v) is 4.63. The maximum Gasteiger partial charge on any atom is 0.270 e. The van der Waals surface area contributed by atoms with Crippen molar-refractivity contribution >= 4 is 23.1 Å². The molecule has 5 nitrogen and oxygen atoms in total. The Balaban J connectivity index is 2.50. The zero-order chi connectivity index (χ0) is 15.4. The Morgan fingerprint density at radius 3 is 2.57 bits per heavy atom. The van der Waals surface area contributed by atoms with Crippen LogP contribution in [-0.2, 0) is 4.79 Å². The molecule has 0 aliphatic rings. The maximum atomic E-state index is 11.8. The molecule has 0 aliphatic heterocycles. The third-order valence-corrected chi connectivity index (χ3v) is 2.94. The van der Waals surface area contributed by atoms with Crippen molar-refractivity contribution in [3.05, 3.63) is 69.5 Å². The molecule has 21 heavy (non-hydrogen) atoms. The van der Waals surface area contributed by atoms with Crippen LogP contribution < -0.4 is 0 Å². The third-order valence-electron chi connectivity index (χ3n) is 2.94. The minimum Gasteiger partial charge on any atom is -0.294 e. The number of carbonyl (C=O) groups excluding carboxylic acids is 1. The van der Waals surface area contributed by atoms with Gasteiger partial charge in [-0.15, -0.1) is 0 Å². The maximum absolute atomic E-state index is 11.8. The van der Waals surface area contributed by atoms with Crippen LogP contribution in [0.2, 0.25) is 0 Å². The van der Waals surface area contributed by atoms with Crippen molar-refractivity contribution in [1.82, 2.24) is 4.98 Å². The van der Waals surface area contributed by atoms with Crippen LogP contribution in [0.3, 0.4) is 0 Å². The highest BCUT2D eigenvalue weighted by Gasteiger charge is 2.11. The summed E-state index contributed by atoms with van der Waals surface area (Å²) in [5, 5.41) is 10.8. The first-order valence-electron chi connectivity index (χ1n) is 6.38. The van der Waals surface area contributed by atoms with Gasteiger partial charge in [0.05, 0.1) is 10.6 Å². The smallest absolute Gasteiger partial charge is 0.270 e. The number of nitro benzene ring substituents is 1. The van der Waals surface area contributed by atoms with E-state index in [9.17, 15) is 14.9 Å². The van der Waals surface area contributed by atoms with Crippen molar-refractivity contribution in [3.63, 3.8) is 0 Å². The van der Waals surface area contributed by atoms with Gasteiger partial charge < -0.3 is 0 Å². The summed E-state index contributed by atoms with van der Waals surface area (Å²) < 4.78 is 0. The molecule has 1 heterocycles. The molecule has 5 heteroatoms. The van der Waals surface area contributed by atoms with E-state index in [1.54, 1.807) is 24.3 Å². The molecule has 0 unspecified atom stereocenters. The van der Waals surface area contributed by atoms with Gasteiger partial charge >= 0.3 is 0 Å². The molecule has 0 spiro atoms. The number of nitro groups is 1. The van der Waals surface area contributed by atoms with Crippen LogP contribution in [0.15, 0.2) is 42.5 Å². The lowest BCUT2D eigenvalue weighted by molar-refractivity contribution is -0.384. The highest BCUT2D eigenvalue weighted by molar-refractivity contribution is 6.23. The number of non-ortho nitro benzene ring substituents is 1. The summed E-state index contributed by atoms with van der Waals surface area (Å²) in [5.41, 5.74) is 2.38. The predicted molar refractivity (Wildman–Crippen MR) is 80.6 cm³/mol. The number of nitrogens with zero attached hydrogens (tertiary/aromatic N) is 2. The van der Waals surface area contributed by atoms with Gasteiger partial charge in [-0.3, -0.25) is 19.9 Å². The second kappa shape index (κ2) is 6.09. The Labute approximate surface area is 122 Å². The molecule has 0 atom stereocenters. The van der Waals surface area contributed by atoms with E-state index < -0.39 is 4.92 Å². The largest absolute Gasteiger partial charge is 0.294 e. The van der Waals surface area contributed by atoms with Crippen LogP contribution in [0.4, 0.5) is 5.69 Å². The van der Waals surface area contributed by atoms with Crippen molar-refractivity contribution in [2.45, 2.75) is 13.8 Å². The quantitative estimate of drug-likeness (QED) is 0.489. The molecule has 0 aliphatic carbocycles. The number of aromatic nitrogens is 1. The Kier molecular flexibility index (Phi) is 4.23. The predicted octanol–water partition coefficient (Wildman–Crippen LogP) is 3.43. The first-order chi connectivity index (χ1) is 9.97. The number of benzene rings is 1. The molecule has 0 N–H and O–H groups in total. The monoisotopic (exact) mass is 282 g/mol. The molecule has 2 aromatic rings. The van der Waals surface area contributed by atoms with Crippen LogP contribution in [0.25, 0.3) is 11.6 Å². The molecule has 106 valence electrons. The minimum atomic E-state index is -0.463. The molecule has 0 amide bonds. The summed E-state index contributed by atoms with van der Waals surface area (Å²) in [4.78, 5) is 26.5. The first kappa shape index (κ1) is 14.6. The highest BCUT2D eigenvalue weighted by Crippen LogP contribution is 2.20. The Morgan fingerprint density at radius 2 is 1.95 bits per heavy atom. The van der Waals surface area contributed by atoms with Gasteiger partial charge in [0.2, 0.25) is 0 Å². The SMILES string of the molecule is CC(=O)/C(=C\c1cccc([N+](=O)[O-])c1)c1cccc(C)n1. The zero-order valence-corrected chi connectivity index (χ0v) is 11.7. The summed E-state index contributed by atoms with van der Waals surface area (Å²) in [7, 11) is 0. The molecular formula is C16H14N2O3. The molecule has 1 aromatic carbocycles. The number of ketones is 1.